The summed E-state index contributed by atoms with van der Waals surface area (Å²) in [6, 6.07) is 0.802. The first-order valence-electron chi connectivity index (χ1n) is 8.12. The Morgan fingerprint density at radius 1 is 1.11 bits per heavy atom. The number of likely N-dealkylation sites (tertiary alicyclic amines) is 1. The fourth-order valence-corrected chi connectivity index (χ4v) is 3.14. The van der Waals surface area contributed by atoms with E-state index < -0.39 is 0 Å². The van der Waals surface area contributed by atoms with Gasteiger partial charge in [-0.1, -0.05) is 39.5 Å². The summed E-state index contributed by atoms with van der Waals surface area (Å²) in [6.45, 7) is 9.32. The van der Waals surface area contributed by atoms with Crippen molar-refractivity contribution in [2.45, 2.75) is 90.1 Å². The molecule has 0 aromatic carbocycles. The van der Waals surface area contributed by atoms with Gasteiger partial charge >= 0.3 is 0 Å². The SMILES string of the molecule is CCCCCCC(CC)N1CCCC(C)(N)CC1. The maximum atomic E-state index is 6.29. The minimum Gasteiger partial charge on any atom is -0.325 e. The molecule has 1 saturated heterocycles. The van der Waals surface area contributed by atoms with E-state index >= 15 is 0 Å². The Morgan fingerprint density at radius 3 is 2.56 bits per heavy atom. The Labute approximate surface area is 114 Å². The first-order valence-corrected chi connectivity index (χ1v) is 8.12. The molecule has 0 amide bonds. The lowest BCUT2D eigenvalue weighted by molar-refractivity contribution is 0.181. The summed E-state index contributed by atoms with van der Waals surface area (Å²) in [7, 11) is 0. The third-order valence-corrected chi connectivity index (χ3v) is 4.54. The van der Waals surface area contributed by atoms with Gasteiger partial charge in [0.15, 0.2) is 0 Å². The number of hydrogen-bond donors (Lipinski definition) is 1. The van der Waals surface area contributed by atoms with E-state index in [2.05, 4.69) is 25.7 Å². The highest BCUT2D eigenvalue weighted by Crippen LogP contribution is 2.23. The molecule has 108 valence electrons. The van der Waals surface area contributed by atoms with E-state index in [0.29, 0.717) is 0 Å². The van der Waals surface area contributed by atoms with Crippen molar-refractivity contribution in [2.75, 3.05) is 13.1 Å². The van der Waals surface area contributed by atoms with Gasteiger partial charge in [-0.3, -0.25) is 0 Å². The van der Waals surface area contributed by atoms with Crippen LogP contribution in [0.3, 0.4) is 0 Å². The molecule has 2 heteroatoms. The minimum absolute atomic E-state index is 0.0786. The molecule has 0 aromatic heterocycles. The smallest absolute Gasteiger partial charge is 0.0138 e. The molecule has 1 aliphatic rings. The summed E-state index contributed by atoms with van der Waals surface area (Å²) >= 11 is 0. The van der Waals surface area contributed by atoms with Gasteiger partial charge in [-0.2, -0.15) is 0 Å². The predicted molar refractivity (Wildman–Crippen MR) is 80.9 cm³/mol. The summed E-state index contributed by atoms with van der Waals surface area (Å²) in [5.41, 5.74) is 6.37. The van der Waals surface area contributed by atoms with Crippen LogP contribution in [0.2, 0.25) is 0 Å². The predicted octanol–water partition coefficient (Wildman–Crippen LogP) is 3.94. The molecule has 2 atom stereocenters. The summed E-state index contributed by atoms with van der Waals surface area (Å²) in [6.07, 6.45) is 11.9. The summed E-state index contributed by atoms with van der Waals surface area (Å²) in [5, 5.41) is 0. The van der Waals surface area contributed by atoms with Crippen LogP contribution in [-0.2, 0) is 0 Å². The topological polar surface area (TPSA) is 29.3 Å². The van der Waals surface area contributed by atoms with Crippen molar-refractivity contribution in [3.05, 3.63) is 0 Å². The van der Waals surface area contributed by atoms with E-state index in [4.69, 9.17) is 5.73 Å². The molecule has 1 rings (SSSR count). The van der Waals surface area contributed by atoms with Crippen molar-refractivity contribution >= 4 is 0 Å². The van der Waals surface area contributed by atoms with E-state index in [1.807, 2.05) is 0 Å². The van der Waals surface area contributed by atoms with Crippen LogP contribution in [0.25, 0.3) is 0 Å². The molecule has 0 bridgehead atoms. The lowest BCUT2D eigenvalue weighted by Crippen LogP contribution is -2.39. The van der Waals surface area contributed by atoms with Gasteiger partial charge in [0.25, 0.3) is 0 Å². The third kappa shape index (κ3) is 5.71. The molecule has 1 heterocycles. The Morgan fingerprint density at radius 2 is 1.89 bits per heavy atom. The number of unbranched alkanes of at least 4 members (excludes halogenated alkanes) is 3. The molecular weight excluding hydrogens is 220 g/mol. The lowest BCUT2D eigenvalue weighted by atomic mass is 9.95. The van der Waals surface area contributed by atoms with Gasteiger partial charge in [-0.25, -0.2) is 0 Å². The molecule has 1 aliphatic heterocycles. The van der Waals surface area contributed by atoms with E-state index in [9.17, 15) is 0 Å². The zero-order chi connectivity index (χ0) is 13.4. The molecule has 2 nitrogen and oxygen atoms in total. The average Bonchev–Trinajstić information content (AvgIpc) is 2.51. The highest BCUT2D eigenvalue weighted by atomic mass is 15.2. The normalized spacial score (nSPS) is 28.0. The van der Waals surface area contributed by atoms with Crippen LogP contribution in [-0.4, -0.2) is 29.6 Å². The highest BCUT2D eigenvalue weighted by molar-refractivity contribution is 4.85. The first-order chi connectivity index (χ1) is 8.59. The average molecular weight is 254 g/mol. The van der Waals surface area contributed by atoms with Crippen LogP contribution in [0.5, 0.6) is 0 Å². The van der Waals surface area contributed by atoms with Crippen molar-refractivity contribution < 1.29 is 0 Å². The van der Waals surface area contributed by atoms with Crippen LogP contribution in [0.15, 0.2) is 0 Å². The standard InChI is InChI=1S/C16H34N2/c1-4-6-7-8-10-15(5-2)18-13-9-11-16(3,17)12-14-18/h15H,4-14,17H2,1-3H3. The molecule has 0 aliphatic carbocycles. The molecule has 1 fully saturated rings. The molecule has 0 spiro atoms. The molecule has 0 saturated carbocycles. The lowest BCUT2D eigenvalue weighted by Gasteiger charge is -2.30. The quantitative estimate of drug-likeness (QED) is 0.697. The Bertz CT molecular complexity index is 213. The minimum atomic E-state index is 0.0786. The van der Waals surface area contributed by atoms with E-state index in [-0.39, 0.29) is 5.54 Å². The van der Waals surface area contributed by atoms with Gasteiger partial charge in [-0.05, 0) is 45.6 Å². The fourth-order valence-electron chi connectivity index (χ4n) is 3.14. The molecular formula is C16H34N2. The van der Waals surface area contributed by atoms with Crippen molar-refractivity contribution in [1.82, 2.24) is 4.90 Å². The summed E-state index contributed by atoms with van der Waals surface area (Å²) in [5.74, 6) is 0. The zero-order valence-electron chi connectivity index (χ0n) is 12.9. The largest absolute Gasteiger partial charge is 0.325 e. The highest BCUT2D eigenvalue weighted by Gasteiger charge is 2.26. The second-order valence-corrected chi connectivity index (χ2v) is 6.45. The summed E-state index contributed by atoms with van der Waals surface area (Å²) < 4.78 is 0. The van der Waals surface area contributed by atoms with E-state index in [1.165, 1.54) is 70.9 Å². The molecule has 18 heavy (non-hydrogen) atoms. The zero-order valence-corrected chi connectivity index (χ0v) is 12.9. The van der Waals surface area contributed by atoms with E-state index in [0.717, 1.165) is 6.04 Å². The van der Waals surface area contributed by atoms with Crippen molar-refractivity contribution in [2.24, 2.45) is 5.73 Å². The second kappa shape index (κ2) is 8.16. The summed E-state index contributed by atoms with van der Waals surface area (Å²) in [4.78, 5) is 2.71. The Hall–Kier alpha value is -0.0800. The second-order valence-electron chi connectivity index (χ2n) is 6.45. The number of nitrogens with zero attached hydrogens (tertiary/aromatic N) is 1. The van der Waals surface area contributed by atoms with Gasteiger partial charge < -0.3 is 10.6 Å². The maximum absolute atomic E-state index is 6.29. The van der Waals surface area contributed by atoms with E-state index in [1.54, 1.807) is 0 Å². The third-order valence-electron chi connectivity index (χ3n) is 4.54. The monoisotopic (exact) mass is 254 g/mol. The number of nitrogens with two attached hydrogens (primary N) is 1. The van der Waals surface area contributed by atoms with Crippen LogP contribution >= 0.6 is 0 Å². The van der Waals surface area contributed by atoms with Crippen molar-refractivity contribution in [3.63, 3.8) is 0 Å². The van der Waals surface area contributed by atoms with Crippen molar-refractivity contribution in [1.29, 1.82) is 0 Å². The van der Waals surface area contributed by atoms with Crippen LogP contribution < -0.4 is 5.73 Å². The van der Waals surface area contributed by atoms with Crippen LogP contribution in [0, 0.1) is 0 Å². The molecule has 0 radical (unpaired) electrons. The molecule has 2 N–H and O–H groups in total. The van der Waals surface area contributed by atoms with Crippen LogP contribution in [0.4, 0.5) is 0 Å². The van der Waals surface area contributed by atoms with Crippen molar-refractivity contribution in [3.8, 4) is 0 Å². The molecule has 0 aromatic rings. The first kappa shape index (κ1) is 16.0. The van der Waals surface area contributed by atoms with Crippen LogP contribution in [0.1, 0.15) is 78.6 Å². The number of hydrogen-bond acceptors (Lipinski definition) is 2. The maximum Gasteiger partial charge on any atom is 0.0138 e. The Kier molecular flexibility index (Phi) is 7.25. The number of rotatable bonds is 7. The van der Waals surface area contributed by atoms with Gasteiger partial charge in [-0.15, -0.1) is 0 Å². The Balaban J connectivity index is 2.34. The molecule has 2 unspecified atom stereocenters. The van der Waals surface area contributed by atoms with Gasteiger partial charge in [0, 0.05) is 18.1 Å². The van der Waals surface area contributed by atoms with Gasteiger partial charge in [0.05, 0.1) is 0 Å². The van der Waals surface area contributed by atoms with Gasteiger partial charge in [0.2, 0.25) is 0 Å². The van der Waals surface area contributed by atoms with Gasteiger partial charge in [0.1, 0.15) is 0 Å². The fraction of sp³-hybridized carbons (Fsp3) is 1.00.